The third-order valence-electron chi connectivity index (χ3n) is 3.30. The minimum atomic E-state index is -0.452. The van der Waals surface area contributed by atoms with E-state index in [1.807, 2.05) is 0 Å². The van der Waals surface area contributed by atoms with E-state index in [-0.39, 0.29) is 23.4 Å². The molecule has 0 bridgehead atoms. The first-order valence-corrected chi connectivity index (χ1v) is 6.71. The number of nitrogens with zero attached hydrogens (tertiary/aromatic N) is 3. The second-order valence-electron chi connectivity index (χ2n) is 4.72. The van der Waals surface area contributed by atoms with Crippen LogP contribution in [-0.2, 0) is 4.74 Å². The molecule has 1 aromatic heterocycles. The van der Waals surface area contributed by atoms with Crippen LogP contribution in [0, 0.1) is 10.1 Å². The van der Waals surface area contributed by atoms with E-state index in [1.54, 1.807) is 7.11 Å². The summed E-state index contributed by atoms with van der Waals surface area (Å²) in [6.07, 6.45) is 5.67. The first-order valence-electron chi connectivity index (χ1n) is 6.71. The molecule has 0 radical (unpaired) electrons. The SMILES string of the molecule is COCCNc1ncnc(NC2CCCC2)c1[N+](=O)[O-]. The van der Waals surface area contributed by atoms with Crippen molar-refractivity contribution in [1.82, 2.24) is 9.97 Å². The van der Waals surface area contributed by atoms with Gasteiger partial charge in [-0.1, -0.05) is 12.8 Å². The quantitative estimate of drug-likeness (QED) is 0.446. The molecule has 2 rings (SSSR count). The number of hydrogen-bond donors (Lipinski definition) is 2. The lowest BCUT2D eigenvalue weighted by atomic mass is 10.2. The van der Waals surface area contributed by atoms with Gasteiger partial charge in [-0.15, -0.1) is 0 Å². The third kappa shape index (κ3) is 3.53. The topological polar surface area (TPSA) is 102 Å². The molecule has 20 heavy (non-hydrogen) atoms. The average Bonchev–Trinajstić information content (AvgIpc) is 2.92. The van der Waals surface area contributed by atoms with E-state index in [1.165, 1.54) is 6.33 Å². The van der Waals surface area contributed by atoms with E-state index in [4.69, 9.17) is 4.74 Å². The summed E-state index contributed by atoms with van der Waals surface area (Å²) in [6.45, 7) is 0.907. The summed E-state index contributed by atoms with van der Waals surface area (Å²) in [6, 6.07) is 0.260. The lowest BCUT2D eigenvalue weighted by Crippen LogP contribution is -2.18. The fourth-order valence-electron chi connectivity index (χ4n) is 2.32. The van der Waals surface area contributed by atoms with Crippen molar-refractivity contribution in [1.29, 1.82) is 0 Å². The summed E-state index contributed by atoms with van der Waals surface area (Å²) in [7, 11) is 1.57. The molecule has 8 heteroatoms. The number of rotatable bonds is 7. The number of nitro groups is 1. The molecule has 1 heterocycles. The molecule has 0 unspecified atom stereocenters. The third-order valence-corrected chi connectivity index (χ3v) is 3.30. The zero-order chi connectivity index (χ0) is 14.4. The number of anilines is 2. The molecule has 1 aliphatic rings. The summed E-state index contributed by atoms with van der Waals surface area (Å²) >= 11 is 0. The van der Waals surface area contributed by atoms with Gasteiger partial charge in [-0.05, 0) is 12.8 Å². The predicted octanol–water partition coefficient (Wildman–Crippen LogP) is 1.80. The van der Waals surface area contributed by atoms with Crippen molar-refractivity contribution in [3.05, 3.63) is 16.4 Å². The molecule has 0 atom stereocenters. The lowest BCUT2D eigenvalue weighted by molar-refractivity contribution is -0.383. The first-order chi connectivity index (χ1) is 9.72. The van der Waals surface area contributed by atoms with Gasteiger partial charge < -0.3 is 15.4 Å². The summed E-state index contributed by atoms with van der Waals surface area (Å²) < 4.78 is 4.91. The van der Waals surface area contributed by atoms with Gasteiger partial charge in [0, 0.05) is 19.7 Å². The molecule has 1 aromatic rings. The maximum absolute atomic E-state index is 11.3. The van der Waals surface area contributed by atoms with Gasteiger partial charge in [0.2, 0.25) is 11.6 Å². The summed E-state index contributed by atoms with van der Waals surface area (Å²) in [5, 5.41) is 17.3. The second-order valence-corrected chi connectivity index (χ2v) is 4.72. The predicted molar refractivity (Wildman–Crippen MR) is 74.9 cm³/mol. The maximum Gasteiger partial charge on any atom is 0.353 e. The van der Waals surface area contributed by atoms with Gasteiger partial charge in [0.05, 0.1) is 11.5 Å². The molecule has 1 aliphatic carbocycles. The Bertz CT molecular complexity index is 462. The molecule has 1 saturated carbocycles. The number of aromatic nitrogens is 2. The molecular weight excluding hydrogens is 262 g/mol. The summed E-state index contributed by atoms with van der Waals surface area (Å²) in [5.74, 6) is 0.513. The van der Waals surface area contributed by atoms with E-state index in [0.717, 1.165) is 25.7 Å². The Labute approximate surface area is 117 Å². The van der Waals surface area contributed by atoms with Crippen molar-refractivity contribution >= 4 is 17.3 Å². The van der Waals surface area contributed by atoms with E-state index >= 15 is 0 Å². The van der Waals surface area contributed by atoms with E-state index in [9.17, 15) is 10.1 Å². The molecule has 0 spiro atoms. The van der Waals surface area contributed by atoms with Crippen LogP contribution in [0.3, 0.4) is 0 Å². The van der Waals surface area contributed by atoms with Crippen molar-refractivity contribution in [2.24, 2.45) is 0 Å². The Kier molecular flexibility index (Phi) is 5.05. The van der Waals surface area contributed by atoms with Crippen molar-refractivity contribution < 1.29 is 9.66 Å². The molecule has 110 valence electrons. The van der Waals surface area contributed by atoms with Crippen molar-refractivity contribution in [2.75, 3.05) is 30.9 Å². The van der Waals surface area contributed by atoms with Crippen molar-refractivity contribution in [3.63, 3.8) is 0 Å². The van der Waals surface area contributed by atoms with E-state index in [0.29, 0.717) is 13.2 Å². The van der Waals surface area contributed by atoms with Gasteiger partial charge in [-0.25, -0.2) is 9.97 Å². The Morgan fingerprint density at radius 1 is 1.40 bits per heavy atom. The zero-order valence-electron chi connectivity index (χ0n) is 11.5. The smallest absolute Gasteiger partial charge is 0.353 e. The molecular formula is C12H19N5O3. The van der Waals surface area contributed by atoms with Crippen molar-refractivity contribution in [3.8, 4) is 0 Å². The number of ether oxygens (including phenoxy) is 1. The highest BCUT2D eigenvalue weighted by molar-refractivity contribution is 5.69. The van der Waals surface area contributed by atoms with Crippen LogP contribution >= 0.6 is 0 Å². The Hall–Kier alpha value is -1.96. The minimum absolute atomic E-state index is 0.101. The standard InChI is InChI=1S/C12H19N5O3/c1-20-7-6-13-11-10(17(18)19)12(15-8-14-11)16-9-4-2-3-5-9/h8-9H,2-7H2,1H3,(H2,13,14,15,16). The largest absolute Gasteiger partial charge is 0.383 e. The Morgan fingerprint density at radius 3 is 2.75 bits per heavy atom. The van der Waals surface area contributed by atoms with Gasteiger partial charge in [0.15, 0.2) is 0 Å². The fourth-order valence-corrected chi connectivity index (χ4v) is 2.32. The molecule has 1 fully saturated rings. The highest BCUT2D eigenvalue weighted by Gasteiger charge is 2.25. The van der Waals surface area contributed by atoms with Gasteiger partial charge >= 0.3 is 5.69 Å². The van der Waals surface area contributed by atoms with Crippen LogP contribution in [0.2, 0.25) is 0 Å². The van der Waals surface area contributed by atoms with E-state index < -0.39 is 4.92 Å². The molecule has 0 aliphatic heterocycles. The summed E-state index contributed by atoms with van der Waals surface area (Å²) in [5.41, 5.74) is -0.101. The highest BCUT2D eigenvalue weighted by atomic mass is 16.6. The maximum atomic E-state index is 11.3. The normalized spacial score (nSPS) is 15.2. The highest BCUT2D eigenvalue weighted by Crippen LogP contribution is 2.31. The lowest BCUT2D eigenvalue weighted by Gasteiger charge is -2.14. The molecule has 0 amide bonds. The Morgan fingerprint density at radius 2 is 2.10 bits per heavy atom. The average molecular weight is 281 g/mol. The zero-order valence-corrected chi connectivity index (χ0v) is 11.5. The fraction of sp³-hybridized carbons (Fsp3) is 0.667. The van der Waals surface area contributed by atoms with Crippen LogP contribution in [0.15, 0.2) is 6.33 Å². The Balaban J connectivity index is 2.16. The van der Waals surface area contributed by atoms with Crippen LogP contribution < -0.4 is 10.6 Å². The van der Waals surface area contributed by atoms with Gasteiger partial charge in [-0.3, -0.25) is 10.1 Å². The monoisotopic (exact) mass is 281 g/mol. The first kappa shape index (κ1) is 14.4. The number of hydrogen-bond acceptors (Lipinski definition) is 7. The van der Waals surface area contributed by atoms with Crippen LogP contribution in [0.5, 0.6) is 0 Å². The van der Waals surface area contributed by atoms with E-state index in [2.05, 4.69) is 20.6 Å². The van der Waals surface area contributed by atoms with Gasteiger partial charge in [0.1, 0.15) is 6.33 Å². The van der Waals surface area contributed by atoms with Gasteiger partial charge in [0.25, 0.3) is 0 Å². The molecule has 8 nitrogen and oxygen atoms in total. The van der Waals surface area contributed by atoms with Crippen LogP contribution in [0.4, 0.5) is 17.3 Å². The van der Waals surface area contributed by atoms with Crippen molar-refractivity contribution in [2.45, 2.75) is 31.7 Å². The summed E-state index contributed by atoms with van der Waals surface area (Å²) in [4.78, 5) is 18.8. The molecule has 2 N–H and O–H groups in total. The number of methoxy groups -OCH3 is 1. The molecule has 0 saturated heterocycles. The second kappa shape index (κ2) is 6.99. The molecule has 0 aromatic carbocycles. The van der Waals surface area contributed by atoms with Crippen LogP contribution in [0.25, 0.3) is 0 Å². The van der Waals surface area contributed by atoms with Crippen LogP contribution in [0.1, 0.15) is 25.7 Å². The van der Waals surface area contributed by atoms with Gasteiger partial charge in [-0.2, -0.15) is 0 Å². The number of nitrogens with one attached hydrogen (secondary N) is 2. The minimum Gasteiger partial charge on any atom is -0.383 e. The van der Waals surface area contributed by atoms with Crippen LogP contribution in [-0.4, -0.2) is 41.2 Å².